The molecular weight excluding hydrogens is 310 g/mol. The minimum absolute atomic E-state index is 0.115. The van der Waals surface area contributed by atoms with Crippen molar-refractivity contribution >= 4 is 36.7 Å². The second-order valence-electron chi connectivity index (χ2n) is 3.94. The van der Waals surface area contributed by atoms with Gasteiger partial charge in [0.15, 0.2) is 0 Å². The first-order valence-electron chi connectivity index (χ1n) is 5.02. The fraction of sp³-hybridized carbons (Fsp3) is 0. The molecule has 0 bridgehead atoms. The van der Waals surface area contributed by atoms with Crippen molar-refractivity contribution in [3.63, 3.8) is 0 Å². The average molecular weight is 319 g/mol. The standard InChI is InChI=1S/C10H9NO7S2/c11-6-3-1-2-5-7(19(13,14)15)4-8(20(16,17)18)10(12)9(5)6/h1-4,12H,11H2,(H,13,14,15)(H,16,17,18). The minimum atomic E-state index is -4.91. The van der Waals surface area contributed by atoms with Gasteiger partial charge in [-0.25, -0.2) is 0 Å². The molecule has 10 heteroatoms. The zero-order valence-electron chi connectivity index (χ0n) is 9.68. The molecule has 2 aromatic rings. The zero-order valence-corrected chi connectivity index (χ0v) is 11.3. The maximum Gasteiger partial charge on any atom is 0.298 e. The van der Waals surface area contributed by atoms with Crippen LogP contribution in [0.1, 0.15) is 0 Å². The third-order valence-corrected chi connectivity index (χ3v) is 4.41. The van der Waals surface area contributed by atoms with E-state index in [1.165, 1.54) is 18.2 Å². The van der Waals surface area contributed by atoms with Gasteiger partial charge in [-0.3, -0.25) is 9.11 Å². The lowest BCUT2D eigenvalue weighted by molar-refractivity contribution is 0.447. The predicted molar refractivity (Wildman–Crippen MR) is 69.7 cm³/mol. The Balaban J connectivity index is 3.17. The molecule has 0 saturated carbocycles. The Morgan fingerprint density at radius 1 is 0.950 bits per heavy atom. The van der Waals surface area contributed by atoms with Crippen LogP contribution in [-0.2, 0) is 20.2 Å². The van der Waals surface area contributed by atoms with Crippen molar-refractivity contribution in [2.75, 3.05) is 5.73 Å². The Hall–Kier alpha value is -1.88. The summed E-state index contributed by atoms with van der Waals surface area (Å²) in [5, 5.41) is 9.40. The van der Waals surface area contributed by atoms with E-state index < -0.39 is 35.8 Å². The molecule has 0 amide bonds. The number of phenolic OH excluding ortho intramolecular Hbond substituents is 1. The lowest BCUT2D eigenvalue weighted by Gasteiger charge is -2.11. The monoisotopic (exact) mass is 319 g/mol. The molecule has 0 radical (unpaired) electrons. The fourth-order valence-electron chi connectivity index (χ4n) is 1.84. The van der Waals surface area contributed by atoms with Crippen LogP contribution in [0.4, 0.5) is 5.69 Å². The second kappa shape index (κ2) is 4.31. The highest BCUT2D eigenvalue weighted by Crippen LogP contribution is 2.39. The van der Waals surface area contributed by atoms with Crippen LogP contribution in [0.5, 0.6) is 5.75 Å². The van der Waals surface area contributed by atoms with E-state index in [0.717, 1.165) is 0 Å². The summed E-state index contributed by atoms with van der Waals surface area (Å²) in [6.45, 7) is 0. The number of aromatic hydroxyl groups is 1. The molecular formula is C10H9NO7S2. The van der Waals surface area contributed by atoms with Gasteiger partial charge in [0, 0.05) is 16.5 Å². The van der Waals surface area contributed by atoms with Crippen molar-refractivity contribution in [3.8, 4) is 5.75 Å². The van der Waals surface area contributed by atoms with Gasteiger partial charge in [0.1, 0.15) is 15.5 Å². The summed E-state index contributed by atoms with van der Waals surface area (Å²) in [7, 11) is -9.69. The van der Waals surface area contributed by atoms with E-state index in [4.69, 9.17) is 14.8 Å². The maximum atomic E-state index is 11.3. The molecule has 8 nitrogen and oxygen atoms in total. The van der Waals surface area contributed by atoms with Crippen molar-refractivity contribution in [1.82, 2.24) is 0 Å². The zero-order chi connectivity index (χ0) is 15.3. The summed E-state index contributed by atoms with van der Waals surface area (Å²) in [6.07, 6.45) is 0. The smallest absolute Gasteiger partial charge is 0.298 e. The van der Waals surface area contributed by atoms with E-state index in [0.29, 0.717) is 6.07 Å². The van der Waals surface area contributed by atoms with E-state index in [1.807, 2.05) is 0 Å². The fourth-order valence-corrected chi connectivity index (χ4v) is 3.24. The topological polar surface area (TPSA) is 155 Å². The van der Waals surface area contributed by atoms with Crippen LogP contribution >= 0.6 is 0 Å². The number of fused-ring (bicyclic) bond motifs is 1. The van der Waals surface area contributed by atoms with Crippen LogP contribution in [-0.4, -0.2) is 31.0 Å². The number of benzene rings is 2. The average Bonchev–Trinajstić information content (AvgIpc) is 2.25. The first-order valence-corrected chi connectivity index (χ1v) is 7.90. The molecule has 20 heavy (non-hydrogen) atoms. The molecule has 0 aromatic heterocycles. The van der Waals surface area contributed by atoms with Crippen molar-refractivity contribution in [1.29, 1.82) is 0 Å². The van der Waals surface area contributed by atoms with Gasteiger partial charge in [-0.2, -0.15) is 16.8 Å². The van der Waals surface area contributed by atoms with Gasteiger partial charge in [-0.1, -0.05) is 12.1 Å². The molecule has 2 aromatic carbocycles. The molecule has 0 saturated heterocycles. The Kier molecular flexibility index (Phi) is 3.13. The van der Waals surface area contributed by atoms with E-state index in [2.05, 4.69) is 0 Å². The van der Waals surface area contributed by atoms with Crippen molar-refractivity contribution < 1.29 is 31.0 Å². The lowest BCUT2D eigenvalue weighted by atomic mass is 10.1. The van der Waals surface area contributed by atoms with Gasteiger partial charge in [0.05, 0.1) is 0 Å². The van der Waals surface area contributed by atoms with E-state index in [-0.39, 0.29) is 16.5 Å². The van der Waals surface area contributed by atoms with Gasteiger partial charge < -0.3 is 10.8 Å². The Labute approximate surface area is 114 Å². The third kappa shape index (κ3) is 2.29. The summed E-state index contributed by atoms with van der Waals surface area (Å²) >= 11 is 0. The Morgan fingerprint density at radius 2 is 1.50 bits per heavy atom. The molecule has 0 atom stereocenters. The number of rotatable bonds is 2. The number of hydrogen-bond donors (Lipinski definition) is 4. The predicted octanol–water partition coefficient (Wildman–Crippen LogP) is 0.621. The first kappa shape index (κ1) is 14.5. The molecule has 108 valence electrons. The molecule has 0 spiro atoms. The molecule has 0 aliphatic rings. The Morgan fingerprint density at radius 3 is 2.00 bits per heavy atom. The van der Waals surface area contributed by atoms with Crippen molar-refractivity contribution in [2.45, 2.75) is 9.79 Å². The van der Waals surface area contributed by atoms with Crippen LogP contribution in [0.15, 0.2) is 34.1 Å². The molecule has 0 unspecified atom stereocenters. The van der Waals surface area contributed by atoms with Crippen LogP contribution < -0.4 is 5.73 Å². The van der Waals surface area contributed by atoms with Gasteiger partial charge in [-0.15, -0.1) is 0 Å². The highest BCUT2D eigenvalue weighted by atomic mass is 32.2. The highest BCUT2D eigenvalue weighted by Gasteiger charge is 2.25. The van der Waals surface area contributed by atoms with Gasteiger partial charge in [-0.05, 0) is 12.1 Å². The molecule has 0 fully saturated rings. The van der Waals surface area contributed by atoms with E-state index in [1.54, 1.807) is 0 Å². The first-order chi connectivity index (χ1) is 9.03. The molecule has 0 aliphatic heterocycles. The van der Waals surface area contributed by atoms with E-state index >= 15 is 0 Å². The number of phenols is 1. The maximum absolute atomic E-state index is 11.3. The van der Waals surface area contributed by atoms with Gasteiger partial charge >= 0.3 is 0 Å². The SMILES string of the molecule is Nc1cccc2c(S(=O)(=O)O)cc(S(=O)(=O)O)c(O)c12. The molecule has 0 aliphatic carbocycles. The summed E-state index contributed by atoms with van der Waals surface area (Å²) in [6, 6.07) is 4.34. The minimum Gasteiger partial charge on any atom is -0.506 e. The molecule has 5 N–H and O–H groups in total. The number of nitrogens with two attached hydrogens (primary N) is 1. The number of hydrogen-bond acceptors (Lipinski definition) is 6. The van der Waals surface area contributed by atoms with Crippen LogP contribution in [0, 0.1) is 0 Å². The van der Waals surface area contributed by atoms with Crippen LogP contribution in [0.25, 0.3) is 10.8 Å². The van der Waals surface area contributed by atoms with Crippen molar-refractivity contribution in [3.05, 3.63) is 24.3 Å². The van der Waals surface area contributed by atoms with Gasteiger partial charge in [0.2, 0.25) is 0 Å². The number of nitrogen functional groups attached to an aromatic ring is 1. The third-order valence-electron chi connectivity index (χ3n) is 2.65. The van der Waals surface area contributed by atoms with Crippen LogP contribution in [0.3, 0.4) is 0 Å². The quantitative estimate of drug-likeness (QED) is 0.463. The molecule has 2 rings (SSSR count). The highest BCUT2D eigenvalue weighted by molar-refractivity contribution is 7.86. The second-order valence-corrected chi connectivity index (χ2v) is 6.72. The van der Waals surface area contributed by atoms with E-state index in [9.17, 15) is 21.9 Å². The Bertz CT molecular complexity index is 916. The number of anilines is 1. The van der Waals surface area contributed by atoms with Gasteiger partial charge in [0.25, 0.3) is 20.2 Å². The summed E-state index contributed by atoms with van der Waals surface area (Å²) in [5.74, 6) is -0.895. The lowest BCUT2D eigenvalue weighted by Crippen LogP contribution is -2.05. The molecule has 0 heterocycles. The summed E-state index contributed by atoms with van der Waals surface area (Å²) in [5.41, 5.74) is 5.45. The summed E-state index contributed by atoms with van der Waals surface area (Å²) < 4.78 is 63.1. The largest absolute Gasteiger partial charge is 0.506 e. The van der Waals surface area contributed by atoms with Crippen molar-refractivity contribution in [2.24, 2.45) is 0 Å². The normalized spacial score (nSPS) is 12.7. The summed E-state index contributed by atoms with van der Waals surface area (Å²) in [4.78, 5) is -1.85. The van der Waals surface area contributed by atoms with Crippen LogP contribution in [0.2, 0.25) is 0 Å².